The van der Waals surface area contributed by atoms with Crippen molar-refractivity contribution in [2.45, 2.75) is 33.4 Å². The van der Waals surface area contributed by atoms with Gasteiger partial charge in [-0.15, -0.1) is 0 Å². The molecule has 0 saturated carbocycles. The van der Waals surface area contributed by atoms with E-state index in [1.54, 1.807) is 39.0 Å². The maximum absolute atomic E-state index is 13.4. The molecule has 1 rings (SSSR count). The summed E-state index contributed by atoms with van der Waals surface area (Å²) in [5, 5.41) is 13.9. The molecule has 6 heteroatoms. The van der Waals surface area contributed by atoms with Crippen LogP contribution < -0.4 is 10.6 Å². The molecule has 20 heavy (non-hydrogen) atoms. The largest absolute Gasteiger partial charge is 0.480 e. The molecule has 0 aliphatic heterocycles. The molecular weight excluding hydrogens is 263 g/mol. The number of nitrogens with one attached hydrogen (secondary N) is 2. The van der Waals surface area contributed by atoms with E-state index >= 15 is 0 Å². The van der Waals surface area contributed by atoms with Crippen molar-refractivity contribution in [2.75, 3.05) is 0 Å². The molecule has 0 heterocycles. The van der Waals surface area contributed by atoms with E-state index in [0.717, 1.165) is 0 Å². The number of carboxylic acids is 1. The van der Waals surface area contributed by atoms with Gasteiger partial charge in [0, 0.05) is 12.1 Å². The molecule has 110 valence electrons. The van der Waals surface area contributed by atoms with Gasteiger partial charge in [-0.25, -0.2) is 14.0 Å². The Labute approximate surface area is 117 Å². The van der Waals surface area contributed by atoms with E-state index in [1.165, 1.54) is 6.07 Å². The van der Waals surface area contributed by atoms with Crippen LogP contribution in [0.25, 0.3) is 0 Å². The van der Waals surface area contributed by atoms with Crippen molar-refractivity contribution in [2.24, 2.45) is 5.41 Å². The van der Waals surface area contributed by atoms with E-state index in [0.29, 0.717) is 5.56 Å². The number of halogens is 1. The second kappa shape index (κ2) is 6.36. The Morgan fingerprint density at radius 1 is 1.30 bits per heavy atom. The van der Waals surface area contributed by atoms with Gasteiger partial charge in [-0.05, 0) is 11.5 Å². The minimum Gasteiger partial charge on any atom is -0.480 e. The van der Waals surface area contributed by atoms with Crippen molar-refractivity contribution in [3.63, 3.8) is 0 Å². The van der Waals surface area contributed by atoms with Crippen molar-refractivity contribution in [3.05, 3.63) is 35.6 Å². The average Bonchev–Trinajstić information content (AvgIpc) is 2.33. The Balaban J connectivity index is 2.60. The van der Waals surface area contributed by atoms with Gasteiger partial charge in [-0.2, -0.15) is 0 Å². The summed E-state index contributed by atoms with van der Waals surface area (Å²) < 4.78 is 13.4. The molecule has 0 aliphatic rings. The number of carbonyl (C=O) groups is 2. The summed E-state index contributed by atoms with van der Waals surface area (Å²) in [6.45, 7) is 5.13. The zero-order valence-electron chi connectivity index (χ0n) is 11.7. The van der Waals surface area contributed by atoms with Crippen molar-refractivity contribution < 1.29 is 19.1 Å². The van der Waals surface area contributed by atoms with Gasteiger partial charge < -0.3 is 15.7 Å². The second-order valence-electron chi connectivity index (χ2n) is 5.56. The molecule has 0 aliphatic carbocycles. The average molecular weight is 282 g/mol. The van der Waals surface area contributed by atoms with E-state index in [4.69, 9.17) is 5.11 Å². The SMILES string of the molecule is CC(C)(C)[C@H](NC(=O)NCc1ccccc1F)C(=O)O. The Kier molecular flexibility index (Phi) is 5.07. The molecule has 5 nitrogen and oxygen atoms in total. The Morgan fingerprint density at radius 2 is 1.90 bits per heavy atom. The lowest BCUT2D eigenvalue weighted by molar-refractivity contribution is -0.141. The van der Waals surface area contributed by atoms with Gasteiger partial charge in [0.05, 0.1) is 0 Å². The third kappa shape index (κ3) is 4.53. The van der Waals surface area contributed by atoms with Crippen molar-refractivity contribution in [3.8, 4) is 0 Å². The molecule has 1 atom stereocenters. The highest BCUT2D eigenvalue weighted by molar-refractivity contribution is 5.83. The van der Waals surface area contributed by atoms with Gasteiger partial charge in [0.1, 0.15) is 11.9 Å². The molecule has 0 unspecified atom stereocenters. The van der Waals surface area contributed by atoms with Crippen molar-refractivity contribution >= 4 is 12.0 Å². The maximum Gasteiger partial charge on any atom is 0.326 e. The molecule has 0 fully saturated rings. The highest BCUT2D eigenvalue weighted by Gasteiger charge is 2.32. The molecule has 1 aromatic carbocycles. The fraction of sp³-hybridized carbons (Fsp3) is 0.429. The number of carbonyl (C=O) groups excluding carboxylic acids is 1. The number of carboxylic acid groups (broad SMARTS) is 1. The van der Waals surface area contributed by atoms with Crippen LogP contribution in [0.3, 0.4) is 0 Å². The van der Waals surface area contributed by atoms with Gasteiger partial charge in [0.2, 0.25) is 0 Å². The van der Waals surface area contributed by atoms with Crippen LogP contribution in [0.1, 0.15) is 26.3 Å². The van der Waals surface area contributed by atoms with E-state index in [2.05, 4.69) is 10.6 Å². The lowest BCUT2D eigenvalue weighted by Gasteiger charge is -2.27. The Hall–Kier alpha value is -2.11. The number of amides is 2. The number of rotatable bonds is 4. The Bertz CT molecular complexity index is 497. The van der Waals surface area contributed by atoms with Crippen LogP contribution in [0.2, 0.25) is 0 Å². The van der Waals surface area contributed by atoms with Gasteiger partial charge in [0.15, 0.2) is 0 Å². The van der Waals surface area contributed by atoms with Crippen LogP contribution in [0, 0.1) is 11.2 Å². The molecule has 1 aromatic rings. The summed E-state index contributed by atoms with van der Waals surface area (Å²) in [5.41, 5.74) is -0.286. The number of urea groups is 1. The zero-order chi connectivity index (χ0) is 15.3. The van der Waals surface area contributed by atoms with Crippen molar-refractivity contribution in [1.29, 1.82) is 0 Å². The summed E-state index contributed by atoms with van der Waals surface area (Å²) in [7, 11) is 0. The molecule has 2 amide bonds. The lowest BCUT2D eigenvalue weighted by atomic mass is 9.87. The minimum absolute atomic E-state index is 0.00497. The van der Waals surface area contributed by atoms with E-state index < -0.39 is 29.3 Å². The van der Waals surface area contributed by atoms with Gasteiger partial charge in [-0.3, -0.25) is 0 Å². The lowest BCUT2D eigenvalue weighted by Crippen LogP contribution is -2.52. The summed E-state index contributed by atoms with van der Waals surface area (Å²) in [6.07, 6.45) is 0. The van der Waals surface area contributed by atoms with E-state index in [-0.39, 0.29) is 6.54 Å². The molecule has 3 N–H and O–H groups in total. The molecule has 0 radical (unpaired) electrons. The Morgan fingerprint density at radius 3 is 2.40 bits per heavy atom. The number of hydrogen-bond donors (Lipinski definition) is 3. The van der Waals surface area contributed by atoms with Crippen LogP contribution in [-0.2, 0) is 11.3 Å². The predicted octanol–water partition coefficient (Wildman–Crippen LogP) is 2.12. The molecule has 0 aromatic heterocycles. The van der Waals surface area contributed by atoms with E-state index in [1.807, 2.05) is 0 Å². The summed E-state index contributed by atoms with van der Waals surface area (Å²) >= 11 is 0. The first-order valence-electron chi connectivity index (χ1n) is 6.22. The van der Waals surface area contributed by atoms with Gasteiger partial charge in [-0.1, -0.05) is 39.0 Å². The normalized spacial score (nSPS) is 12.6. The fourth-order valence-electron chi connectivity index (χ4n) is 1.65. The predicted molar refractivity (Wildman–Crippen MR) is 72.7 cm³/mol. The monoisotopic (exact) mass is 282 g/mol. The number of benzene rings is 1. The highest BCUT2D eigenvalue weighted by Crippen LogP contribution is 2.19. The quantitative estimate of drug-likeness (QED) is 0.791. The first-order chi connectivity index (χ1) is 9.21. The molecule has 0 spiro atoms. The topological polar surface area (TPSA) is 78.4 Å². The first-order valence-corrected chi connectivity index (χ1v) is 6.22. The smallest absolute Gasteiger partial charge is 0.326 e. The standard InChI is InChI=1S/C14H19FN2O3/c1-14(2,3)11(12(18)19)17-13(20)16-8-9-6-4-5-7-10(9)15/h4-7,11H,8H2,1-3H3,(H,18,19)(H2,16,17,20)/t11-/m1/s1. The third-order valence-electron chi connectivity index (χ3n) is 2.79. The summed E-state index contributed by atoms with van der Waals surface area (Å²) in [5.74, 6) is -1.53. The maximum atomic E-state index is 13.4. The van der Waals surface area contributed by atoms with Gasteiger partial charge in [0.25, 0.3) is 0 Å². The minimum atomic E-state index is -1.11. The van der Waals surface area contributed by atoms with Crippen LogP contribution in [0.5, 0.6) is 0 Å². The van der Waals surface area contributed by atoms with Crippen LogP contribution in [-0.4, -0.2) is 23.1 Å². The third-order valence-corrected chi connectivity index (χ3v) is 2.79. The molecule has 0 bridgehead atoms. The van der Waals surface area contributed by atoms with Gasteiger partial charge >= 0.3 is 12.0 Å². The molecule has 0 saturated heterocycles. The number of aliphatic carboxylic acids is 1. The fourth-order valence-corrected chi connectivity index (χ4v) is 1.65. The molecular formula is C14H19FN2O3. The van der Waals surface area contributed by atoms with Crippen LogP contribution >= 0.6 is 0 Å². The summed E-state index contributed by atoms with van der Waals surface area (Å²) in [6, 6.07) is 4.39. The van der Waals surface area contributed by atoms with Crippen LogP contribution in [0.15, 0.2) is 24.3 Å². The van der Waals surface area contributed by atoms with Crippen molar-refractivity contribution in [1.82, 2.24) is 10.6 Å². The first kappa shape index (κ1) is 15.9. The zero-order valence-corrected chi connectivity index (χ0v) is 11.7. The van der Waals surface area contributed by atoms with Crippen LogP contribution in [0.4, 0.5) is 9.18 Å². The second-order valence-corrected chi connectivity index (χ2v) is 5.56. The summed E-state index contributed by atoms with van der Waals surface area (Å²) in [4.78, 5) is 22.8. The highest BCUT2D eigenvalue weighted by atomic mass is 19.1. The van der Waals surface area contributed by atoms with E-state index in [9.17, 15) is 14.0 Å². The number of hydrogen-bond acceptors (Lipinski definition) is 2.